The third-order valence-electron chi connectivity index (χ3n) is 1.13. The fraction of sp³-hybridized carbons (Fsp3) is 0.750. The molecule has 1 rings (SSSR count). The summed E-state index contributed by atoms with van der Waals surface area (Å²) >= 11 is 4.80. The van der Waals surface area contributed by atoms with Crippen LogP contribution in [-0.2, 0) is 17.3 Å². The first-order chi connectivity index (χ1) is 5.20. The van der Waals surface area contributed by atoms with Crippen molar-refractivity contribution in [3.8, 4) is 0 Å². The number of aromatic amines is 1. The molecule has 1 aromatic heterocycles. The fourth-order valence-electron chi connectivity index (χ4n) is 0.581. The van der Waals surface area contributed by atoms with Gasteiger partial charge in [0.1, 0.15) is 0 Å². The topological polar surface area (TPSA) is 63.6 Å². The van der Waals surface area contributed by atoms with Crippen molar-refractivity contribution in [3.63, 3.8) is 0 Å². The zero-order valence-corrected chi connectivity index (χ0v) is 7.61. The lowest BCUT2D eigenvalue weighted by atomic mass is 10.8. The Balaban J connectivity index is 2.58. The minimum absolute atomic E-state index is 0.399. The van der Waals surface area contributed by atoms with Crippen molar-refractivity contribution >= 4 is 23.0 Å². The number of rotatable bonds is 3. The van der Waals surface area contributed by atoms with Gasteiger partial charge in [0.2, 0.25) is 4.77 Å². The van der Waals surface area contributed by atoms with Gasteiger partial charge in [-0.3, -0.25) is 4.21 Å². The second-order valence-corrected chi connectivity index (χ2v) is 3.93. The van der Waals surface area contributed by atoms with Crippen molar-refractivity contribution in [1.29, 1.82) is 0 Å². The maximum absolute atomic E-state index is 10.7. The van der Waals surface area contributed by atoms with E-state index in [0.29, 0.717) is 17.1 Å². The number of hydrogen-bond donors (Lipinski definition) is 1. The summed E-state index contributed by atoms with van der Waals surface area (Å²) in [4.78, 5) is 0. The first-order valence-electron chi connectivity index (χ1n) is 2.98. The summed E-state index contributed by atoms with van der Waals surface area (Å²) in [6.07, 6.45) is 1.65. The Bertz CT molecular complexity index is 303. The van der Waals surface area contributed by atoms with Gasteiger partial charge in [-0.15, -0.1) is 0 Å². The van der Waals surface area contributed by atoms with Crippen LogP contribution in [0.5, 0.6) is 0 Å². The predicted octanol–water partition coefficient (Wildman–Crippen LogP) is -0.286. The lowest BCUT2D eigenvalue weighted by molar-refractivity contribution is 0.615. The molecule has 0 aliphatic rings. The van der Waals surface area contributed by atoms with Gasteiger partial charge in [-0.2, -0.15) is 5.21 Å². The Labute approximate surface area is 71.2 Å². The van der Waals surface area contributed by atoms with Crippen molar-refractivity contribution < 1.29 is 4.21 Å². The van der Waals surface area contributed by atoms with Crippen molar-refractivity contribution in [2.75, 3.05) is 12.0 Å². The van der Waals surface area contributed by atoms with Gasteiger partial charge in [-0.25, -0.2) is 4.68 Å². The molecule has 5 nitrogen and oxygen atoms in total. The minimum atomic E-state index is -0.801. The maximum Gasteiger partial charge on any atom is 0.238 e. The molecule has 0 amide bonds. The Kier molecular flexibility index (Phi) is 2.89. The molecule has 0 aliphatic carbocycles. The first kappa shape index (κ1) is 8.54. The molecule has 0 radical (unpaired) electrons. The van der Waals surface area contributed by atoms with Crippen LogP contribution in [0.15, 0.2) is 0 Å². The zero-order valence-electron chi connectivity index (χ0n) is 5.98. The number of tetrazole rings is 1. The molecule has 1 unspecified atom stereocenters. The maximum atomic E-state index is 10.7. The summed E-state index contributed by atoms with van der Waals surface area (Å²) in [5.41, 5.74) is 0. The highest BCUT2D eigenvalue weighted by molar-refractivity contribution is 7.84. The van der Waals surface area contributed by atoms with Crippen LogP contribution in [0.4, 0.5) is 0 Å². The third kappa shape index (κ3) is 2.51. The fourth-order valence-corrected chi connectivity index (χ4v) is 1.19. The summed E-state index contributed by atoms with van der Waals surface area (Å²) in [5, 5.41) is 9.63. The summed E-state index contributed by atoms with van der Waals surface area (Å²) in [6.45, 7) is 0.578. The van der Waals surface area contributed by atoms with E-state index in [1.165, 1.54) is 0 Å². The molecular formula is C4H8N4OS2. The average Bonchev–Trinajstić information content (AvgIpc) is 2.31. The lowest BCUT2D eigenvalue weighted by Gasteiger charge is -1.96. The largest absolute Gasteiger partial charge is 0.260 e. The number of H-pyrrole nitrogens is 1. The normalized spacial score (nSPS) is 13.2. The minimum Gasteiger partial charge on any atom is -0.260 e. The monoisotopic (exact) mass is 192 g/mol. The molecule has 0 fully saturated rings. The molecule has 7 heteroatoms. The Hall–Kier alpha value is -0.560. The Morgan fingerprint density at radius 3 is 3.00 bits per heavy atom. The third-order valence-corrected chi connectivity index (χ3v) is 2.19. The highest BCUT2D eigenvalue weighted by Gasteiger charge is 1.95. The van der Waals surface area contributed by atoms with Gasteiger partial charge in [0.15, 0.2) is 0 Å². The summed E-state index contributed by atoms with van der Waals surface area (Å²) in [6, 6.07) is 0. The lowest BCUT2D eigenvalue weighted by Crippen LogP contribution is -2.07. The Morgan fingerprint density at radius 1 is 1.82 bits per heavy atom. The second-order valence-electron chi connectivity index (χ2n) is 2.01. The zero-order chi connectivity index (χ0) is 8.27. The van der Waals surface area contributed by atoms with Crippen LogP contribution in [0, 0.1) is 4.77 Å². The summed E-state index contributed by atoms with van der Waals surface area (Å²) < 4.78 is 12.6. The van der Waals surface area contributed by atoms with E-state index in [2.05, 4.69) is 15.5 Å². The number of aryl methyl sites for hydroxylation is 1. The molecule has 1 N–H and O–H groups in total. The van der Waals surface area contributed by atoms with E-state index >= 15 is 0 Å². The molecule has 1 heterocycles. The van der Waals surface area contributed by atoms with Crippen molar-refractivity contribution in [3.05, 3.63) is 4.77 Å². The van der Waals surface area contributed by atoms with Gasteiger partial charge in [0, 0.05) is 22.8 Å². The Morgan fingerprint density at radius 2 is 2.55 bits per heavy atom. The highest BCUT2D eigenvalue weighted by Crippen LogP contribution is 1.84. The SMILES string of the molecule is CS(=O)CCn1[nH]nnc1=S. The van der Waals surface area contributed by atoms with E-state index in [0.717, 1.165) is 0 Å². The smallest absolute Gasteiger partial charge is 0.238 e. The predicted molar refractivity (Wildman–Crippen MR) is 44.1 cm³/mol. The molecule has 0 saturated carbocycles. The van der Waals surface area contributed by atoms with Crippen LogP contribution in [0.3, 0.4) is 0 Å². The van der Waals surface area contributed by atoms with Gasteiger partial charge in [-0.05, 0) is 12.2 Å². The van der Waals surface area contributed by atoms with Crippen molar-refractivity contribution in [1.82, 2.24) is 20.2 Å². The number of nitrogens with zero attached hydrogens (tertiary/aromatic N) is 3. The van der Waals surface area contributed by atoms with Crippen LogP contribution >= 0.6 is 12.2 Å². The van der Waals surface area contributed by atoms with Crippen LogP contribution in [0.1, 0.15) is 0 Å². The molecule has 1 atom stereocenters. The van der Waals surface area contributed by atoms with Gasteiger partial charge >= 0.3 is 0 Å². The molecule has 11 heavy (non-hydrogen) atoms. The highest BCUT2D eigenvalue weighted by atomic mass is 32.2. The standard InChI is InChI=1S/C4H8N4OS2/c1-11(9)3-2-8-4(10)5-6-7-8/h2-3H2,1H3,(H,5,7,10). The van der Waals surface area contributed by atoms with Gasteiger partial charge in [-0.1, -0.05) is 10.3 Å². The molecule has 0 aliphatic heterocycles. The van der Waals surface area contributed by atoms with Gasteiger partial charge in [0.25, 0.3) is 0 Å². The van der Waals surface area contributed by atoms with Crippen LogP contribution in [-0.4, -0.2) is 36.4 Å². The van der Waals surface area contributed by atoms with Crippen molar-refractivity contribution in [2.24, 2.45) is 0 Å². The van der Waals surface area contributed by atoms with Crippen molar-refractivity contribution in [2.45, 2.75) is 6.54 Å². The number of nitrogens with one attached hydrogen (secondary N) is 1. The van der Waals surface area contributed by atoms with Crippen LogP contribution in [0.2, 0.25) is 0 Å². The van der Waals surface area contributed by atoms with E-state index in [4.69, 9.17) is 12.2 Å². The average molecular weight is 192 g/mol. The number of hydrogen-bond acceptors (Lipinski definition) is 4. The molecule has 0 bridgehead atoms. The molecular weight excluding hydrogens is 184 g/mol. The van der Waals surface area contributed by atoms with Gasteiger partial charge < -0.3 is 0 Å². The van der Waals surface area contributed by atoms with E-state index in [1.54, 1.807) is 10.9 Å². The number of aromatic nitrogens is 4. The summed E-state index contributed by atoms with van der Waals surface area (Å²) in [7, 11) is -0.801. The van der Waals surface area contributed by atoms with Crippen LogP contribution < -0.4 is 0 Å². The first-order valence-corrected chi connectivity index (χ1v) is 5.11. The van der Waals surface area contributed by atoms with E-state index < -0.39 is 10.8 Å². The van der Waals surface area contributed by atoms with E-state index in [1.807, 2.05) is 0 Å². The van der Waals surface area contributed by atoms with Crippen LogP contribution in [0.25, 0.3) is 0 Å². The quantitative estimate of drug-likeness (QED) is 0.669. The molecule has 0 aromatic carbocycles. The second kappa shape index (κ2) is 3.72. The molecule has 1 aromatic rings. The molecule has 62 valence electrons. The van der Waals surface area contributed by atoms with E-state index in [-0.39, 0.29) is 0 Å². The molecule has 0 spiro atoms. The van der Waals surface area contributed by atoms with E-state index in [9.17, 15) is 4.21 Å². The molecule has 0 saturated heterocycles. The summed E-state index contributed by atoms with van der Waals surface area (Å²) in [5.74, 6) is 0.568. The van der Waals surface area contributed by atoms with Gasteiger partial charge in [0.05, 0.1) is 6.54 Å².